The number of hydrogen-bond donors (Lipinski definition) is 2. The molecule has 0 radical (unpaired) electrons. The molecular formula is C13H20N6OS. The fraction of sp³-hybridized carbons (Fsp3) is 0.538. The molecule has 1 amide bonds. The average Bonchev–Trinajstić information content (AvgIpc) is 3.02. The molecule has 0 bridgehead atoms. The Morgan fingerprint density at radius 2 is 2.19 bits per heavy atom. The van der Waals surface area contributed by atoms with Crippen LogP contribution in [0.1, 0.15) is 34.5 Å². The lowest BCUT2D eigenvalue weighted by atomic mass is 10.4. The molecule has 2 rings (SSSR count). The third kappa shape index (κ3) is 4.25. The normalized spacial score (nSPS) is 10.6. The van der Waals surface area contributed by atoms with E-state index in [1.165, 1.54) is 11.3 Å². The molecule has 2 N–H and O–H groups in total. The summed E-state index contributed by atoms with van der Waals surface area (Å²) in [6.07, 6.45) is 0.826. The zero-order valence-electron chi connectivity index (χ0n) is 12.5. The highest BCUT2D eigenvalue weighted by Crippen LogP contribution is 2.14. The van der Waals surface area contributed by atoms with Crippen LogP contribution in [-0.4, -0.2) is 39.0 Å². The Morgan fingerprint density at radius 3 is 2.86 bits per heavy atom. The fourth-order valence-corrected chi connectivity index (χ4v) is 2.67. The van der Waals surface area contributed by atoms with Crippen LogP contribution in [-0.2, 0) is 6.54 Å². The van der Waals surface area contributed by atoms with Crippen LogP contribution >= 0.6 is 11.3 Å². The number of aromatic nitrogens is 4. The van der Waals surface area contributed by atoms with E-state index in [1.54, 1.807) is 0 Å². The molecular weight excluding hydrogens is 288 g/mol. The van der Waals surface area contributed by atoms with Gasteiger partial charge in [-0.15, -0.1) is 10.2 Å². The molecule has 7 nitrogen and oxygen atoms in total. The Bertz CT molecular complexity index is 606. The van der Waals surface area contributed by atoms with E-state index in [1.807, 2.05) is 31.5 Å². The maximum atomic E-state index is 11.9. The van der Waals surface area contributed by atoms with E-state index in [2.05, 4.69) is 25.9 Å². The van der Waals surface area contributed by atoms with Gasteiger partial charge in [-0.05, 0) is 33.3 Å². The largest absolute Gasteiger partial charge is 0.360 e. The number of nitrogens with one attached hydrogen (secondary N) is 2. The Balaban J connectivity index is 1.75. The van der Waals surface area contributed by atoms with Crippen LogP contribution in [0.25, 0.3) is 0 Å². The van der Waals surface area contributed by atoms with Crippen LogP contribution in [0.3, 0.4) is 0 Å². The van der Waals surface area contributed by atoms with Gasteiger partial charge >= 0.3 is 0 Å². The molecule has 0 aromatic carbocycles. The predicted molar refractivity (Wildman–Crippen MR) is 82.7 cm³/mol. The Hall–Kier alpha value is -1.96. The first-order valence-corrected chi connectivity index (χ1v) is 7.78. The van der Waals surface area contributed by atoms with Crippen LogP contribution in [0.15, 0.2) is 6.07 Å². The third-order valence-corrected chi connectivity index (χ3v) is 3.76. The van der Waals surface area contributed by atoms with Gasteiger partial charge in [0.05, 0.1) is 5.69 Å². The van der Waals surface area contributed by atoms with Crippen molar-refractivity contribution >= 4 is 22.4 Å². The summed E-state index contributed by atoms with van der Waals surface area (Å²) in [7, 11) is 0. The monoisotopic (exact) mass is 308 g/mol. The van der Waals surface area contributed by atoms with Crippen molar-refractivity contribution in [1.29, 1.82) is 0 Å². The molecule has 114 valence electrons. The number of aryl methyl sites for hydroxylation is 3. The summed E-state index contributed by atoms with van der Waals surface area (Å²) in [5.74, 6) is -0.176. The van der Waals surface area contributed by atoms with E-state index in [-0.39, 0.29) is 5.91 Å². The standard InChI is InChI=1S/C13H20N6OS/c1-4-14-13-17-16-12(21-13)11(20)15-6-5-7-19-10(3)8-9(2)18-19/h8H,4-7H2,1-3H3,(H,14,17)(H,15,20). The van der Waals surface area contributed by atoms with E-state index in [4.69, 9.17) is 0 Å². The molecule has 0 fully saturated rings. The van der Waals surface area contributed by atoms with Crippen molar-refractivity contribution in [3.63, 3.8) is 0 Å². The second-order valence-corrected chi connectivity index (χ2v) is 5.68. The number of hydrogen-bond acceptors (Lipinski definition) is 6. The van der Waals surface area contributed by atoms with Crippen molar-refractivity contribution in [2.24, 2.45) is 0 Å². The summed E-state index contributed by atoms with van der Waals surface area (Å²) in [5, 5.41) is 19.1. The van der Waals surface area contributed by atoms with Gasteiger partial charge in [0.15, 0.2) is 0 Å². The second-order valence-electron chi connectivity index (χ2n) is 4.70. The van der Waals surface area contributed by atoms with Crippen LogP contribution in [0.5, 0.6) is 0 Å². The summed E-state index contributed by atoms with van der Waals surface area (Å²) in [6.45, 7) is 8.12. The molecule has 8 heteroatoms. The van der Waals surface area contributed by atoms with E-state index >= 15 is 0 Å². The quantitative estimate of drug-likeness (QED) is 0.759. The van der Waals surface area contributed by atoms with Crippen molar-refractivity contribution in [2.45, 2.75) is 33.7 Å². The van der Waals surface area contributed by atoms with Crippen LogP contribution in [0.2, 0.25) is 0 Å². The molecule has 21 heavy (non-hydrogen) atoms. The summed E-state index contributed by atoms with van der Waals surface area (Å²) in [6, 6.07) is 2.04. The van der Waals surface area contributed by atoms with E-state index in [0.717, 1.165) is 30.9 Å². The summed E-state index contributed by atoms with van der Waals surface area (Å²) in [4.78, 5) is 11.9. The Morgan fingerprint density at radius 1 is 1.38 bits per heavy atom. The van der Waals surface area contributed by atoms with Gasteiger partial charge in [-0.3, -0.25) is 9.48 Å². The molecule has 2 heterocycles. The van der Waals surface area contributed by atoms with Gasteiger partial charge in [0.2, 0.25) is 10.1 Å². The first kappa shape index (κ1) is 15.4. The number of nitrogens with zero attached hydrogens (tertiary/aromatic N) is 4. The lowest BCUT2D eigenvalue weighted by Crippen LogP contribution is -2.25. The minimum Gasteiger partial charge on any atom is -0.360 e. The zero-order chi connectivity index (χ0) is 15.2. The maximum absolute atomic E-state index is 11.9. The topological polar surface area (TPSA) is 84.7 Å². The van der Waals surface area contributed by atoms with Gasteiger partial charge < -0.3 is 10.6 Å². The second kappa shape index (κ2) is 7.16. The fourth-order valence-electron chi connectivity index (χ4n) is 1.95. The SMILES string of the molecule is CCNc1nnc(C(=O)NCCCn2nc(C)cc2C)s1. The van der Waals surface area contributed by atoms with Crippen LogP contribution in [0.4, 0.5) is 5.13 Å². The number of carbonyl (C=O) groups is 1. The van der Waals surface area contributed by atoms with Crippen molar-refractivity contribution in [3.8, 4) is 0 Å². The highest BCUT2D eigenvalue weighted by atomic mass is 32.1. The zero-order valence-corrected chi connectivity index (χ0v) is 13.3. The number of anilines is 1. The Kier molecular flexibility index (Phi) is 5.26. The van der Waals surface area contributed by atoms with Gasteiger partial charge in [-0.25, -0.2) is 0 Å². The van der Waals surface area contributed by atoms with Crippen LogP contribution < -0.4 is 10.6 Å². The van der Waals surface area contributed by atoms with Gasteiger partial charge in [-0.2, -0.15) is 5.10 Å². The molecule has 0 atom stereocenters. The summed E-state index contributed by atoms with van der Waals surface area (Å²) in [5.41, 5.74) is 2.15. The third-order valence-electron chi connectivity index (χ3n) is 2.88. The summed E-state index contributed by atoms with van der Waals surface area (Å²) < 4.78 is 1.95. The minimum atomic E-state index is -0.176. The van der Waals surface area contributed by atoms with Gasteiger partial charge in [-0.1, -0.05) is 11.3 Å². The average molecular weight is 308 g/mol. The van der Waals surface area contributed by atoms with Crippen molar-refractivity contribution in [2.75, 3.05) is 18.4 Å². The number of rotatable bonds is 7. The highest BCUT2D eigenvalue weighted by Gasteiger charge is 2.11. The maximum Gasteiger partial charge on any atom is 0.282 e. The Labute approximate surface area is 127 Å². The van der Waals surface area contributed by atoms with Crippen molar-refractivity contribution in [3.05, 3.63) is 22.5 Å². The molecule has 2 aromatic heterocycles. The first-order chi connectivity index (χ1) is 10.1. The molecule has 0 aliphatic carbocycles. The molecule has 0 unspecified atom stereocenters. The molecule has 0 aliphatic heterocycles. The van der Waals surface area contributed by atoms with E-state index in [0.29, 0.717) is 16.7 Å². The van der Waals surface area contributed by atoms with Gasteiger partial charge in [0.25, 0.3) is 5.91 Å². The number of amides is 1. The lowest BCUT2D eigenvalue weighted by Gasteiger charge is -2.05. The molecule has 0 saturated carbocycles. The van der Waals surface area contributed by atoms with E-state index < -0.39 is 0 Å². The lowest BCUT2D eigenvalue weighted by molar-refractivity contribution is 0.0951. The highest BCUT2D eigenvalue weighted by molar-refractivity contribution is 7.17. The van der Waals surface area contributed by atoms with Crippen LogP contribution in [0, 0.1) is 13.8 Å². The minimum absolute atomic E-state index is 0.176. The summed E-state index contributed by atoms with van der Waals surface area (Å²) >= 11 is 1.26. The molecule has 2 aromatic rings. The first-order valence-electron chi connectivity index (χ1n) is 6.96. The van der Waals surface area contributed by atoms with Gasteiger partial charge in [0.1, 0.15) is 0 Å². The molecule has 0 aliphatic rings. The molecule has 0 saturated heterocycles. The van der Waals surface area contributed by atoms with Crippen molar-refractivity contribution in [1.82, 2.24) is 25.3 Å². The van der Waals surface area contributed by atoms with Gasteiger partial charge in [0, 0.05) is 25.3 Å². The number of carbonyl (C=O) groups excluding carboxylic acids is 1. The smallest absolute Gasteiger partial charge is 0.282 e. The predicted octanol–water partition coefficient (Wildman–Crippen LogP) is 1.60. The molecule has 0 spiro atoms. The van der Waals surface area contributed by atoms with Crippen molar-refractivity contribution < 1.29 is 4.79 Å². The van der Waals surface area contributed by atoms with E-state index in [9.17, 15) is 4.79 Å².